The third-order valence-electron chi connectivity index (χ3n) is 5.94. The number of hydrogen-bond acceptors (Lipinski definition) is 6. The first-order chi connectivity index (χ1) is 15.1. The Morgan fingerprint density at radius 1 is 1.26 bits per heavy atom. The van der Waals surface area contributed by atoms with E-state index in [0.29, 0.717) is 44.3 Å². The van der Waals surface area contributed by atoms with Gasteiger partial charge in [0, 0.05) is 30.1 Å². The molecule has 1 amide bonds. The van der Waals surface area contributed by atoms with Gasteiger partial charge in [-0.2, -0.15) is 0 Å². The van der Waals surface area contributed by atoms with Crippen molar-refractivity contribution >= 4 is 35.0 Å². The number of ether oxygens (including phenoxy) is 1. The minimum Gasteiger partial charge on any atom is -0.378 e. The first-order valence-electron chi connectivity index (χ1n) is 10.5. The zero-order valence-electron chi connectivity index (χ0n) is 17.3. The number of aliphatic imine (C=N–C) groups is 1. The SMILES string of the molecule is Cc1nnc2n1C1SC(CCC(=O)N3CCOCC3)=CC1C(c1ccccc1Cl)=NC2. The van der Waals surface area contributed by atoms with Crippen LogP contribution >= 0.6 is 23.4 Å². The maximum atomic E-state index is 12.6. The number of carbonyl (C=O) groups is 1. The van der Waals surface area contributed by atoms with Crippen molar-refractivity contribution < 1.29 is 9.53 Å². The molecule has 3 aliphatic rings. The molecule has 1 saturated heterocycles. The number of allylic oxidation sites excluding steroid dienone is 2. The lowest BCUT2D eigenvalue weighted by Gasteiger charge is -2.27. The minimum atomic E-state index is 0.0503. The number of morpholine rings is 1. The highest BCUT2D eigenvalue weighted by molar-refractivity contribution is 8.03. The fourth-order valence-electron chi connectivity index (χ4n) is 4.37. The van der Waals surface area contributed by atoms with Crippen LogP contribution in [0.3, 0.4) is 0 Å². The number of fused-ring (bicyclic) bond motifs is 3. The maximum absolute atomic E-state index is 12.6. The molecule has 7 nitrogen and oxygen atoms in total. The molecule has 0 spiro atoms. The van der Waals surface area contributed by atoms with Crippen LogP contribution in [-0.4, -0.2) is 57.6 Å². The molecule has 5 rings (SSSR count). The Kier molecular flexibility index (Phi) is 5.86. The Hall–Kier alpha value is -2.16. The molecule has 0 radical (unpaired) electrons. The van der Waals surface area contributed by atoms with Gasteiger partial charge in [-0.3, -0.25) is 14.4 Å². The van der Waals surface area contributed by atoms with Crippen LogP contribution in [0.4, 0.5) is 0 Å². The van der Waals surface area contributed by atoms with Crippen LogP contribution in [0.2, 0.25) is 5.02 Å². The summed E-state index contributed by atoms with van der Waals surface area (Å²) in [5.74, 6) is 1.99. The summed E-state index contributed by atoms with van der Waals surface area (Å²) in [7, 11) is 0. The summed E-state index contributed by atoms with van der Waals surface area (Å²) in [4.78, 5) is 20.7. The Bertz CT molecular complexity index is 1060. The number of nitrogens with zero attached hydrogens (tertiary/aromatic N) is 5. The van der Waals surface area contributed by atoms with Gasteiger partial charge < -0.3 is 9.64 Å². The normalized spacial score (nSPS) is 23.0. The van der Waals surface area contributed by atoms with Gasteiger partial charge in [-0.05, 0) is 24.3 Å². The third-order valence-corrected chi connectivity index (χ3v) is 7.66. The second kappa shape index (κ2) is 8.76. The van der Waals surface area contributed by atoms with Crippen LogP contribution in [0.25, 0.3) is 0 Å². The van der Waals surface area contributed by atoms with E-state index in [1.165, 1.54) is 4.91 Å². The lowest BCUT2D eigenvalue weighted by molar-refractivity contribution is -0.135. The highest BCUT2D eigenvalue weighted by Gasteiger charge is 2.38. The van der Waals surface area contributed by atoms with Gasteiger partial charge in [-0.1, -0.05) is 35.9 Å². The van der Waals surface area contributed by atoms with Crippen LogP contribution in [0.5, 0.6) is 0 Å². The Morgan fingerprint density at radius 2 is 2.06 bits per heavy atom. The first-order valence-corrected chi connectivity index (χ1v) is 11.8. The molecule has 162 valence electrons. The van der Waals surface area contributed by atoms with Gasteiger partial charge in [0.1, 0.15) is 5.82 Å². The molecule has 9 heteroatoms. The molecule has 3 aliphatic heterocycles. The molecule has 0 N–H and O–H groups in total. The second-order valence-corrected chi connectivity index (χ2v) is 9.53. The predicted octanol–water partition coefficient (Wildman–Crippen LogP) is 3.63. The third kappa shape index (κ3) is 4.04. The van der Waals surface area contributed by atoms with Crippen LogP contribution < -0.4 is 0 Å². The quantitative estimate of drug-likeness (QED) is 0.701. The summed E-state index contributed by atoms with van der Waals surface area (Å²) in [5.41, 5.74) is 1.93. The number of halogens is 1. The number of hydrogen-bond donors (Lipinski definition) is 0. The lowest BCUT2D eigenvalue weighted by Crippen LogP contribution is -2.40. The maximum Gasteiger partial charge on any atom is 0.223 e. The number of benzene rings is 1. The van der Waals surface area contributed by atoms with Crippen LogP contribution in [0.15, 0.2) is 40.2 Å². The Morgan fingerprint density at radius 3 is 2.87 bits per heavy atom. The van der Waals surface area contributed by atoms with E-state index in [1.807, 2.05) is 36.1 Å². The van der Waals surface area contributed by atoms with Crippen LogP contribution in [0, 0.1) is 12.8 Å². The van der Waals surface area contributed by atoms with Crippen molar-refractivity contribution in [3.63, 3.8) is 0 Å². The molecule has 1 aromatic carbocycles. The molecular weight excluding hydrogens is 434 g/mol. The van der Waals surface area contributed by atoms with E-state index < -0.39 is 0 Å². The molecular formula is C22H24ClN5O2S. The van der Waals surface area contributed by atoms with Gasteiger partial charge >= 0.3 is 0 Å². The van der Waals surface area contributed by atoms with Crippen molar-refractivity contribution in [3.05, 3.63) is 57.5 Å². The fourth-order valence-corrected chi connectivity index (χ4v) is 6.09. The van der Waals surface area contributed by atoms with Crippen molar-refractivity contribution in [3.8, 4) is 0 Å². The van der Waals surface area contributed by atoms with Crippen molar-refractivity contribution in [1.29, 1.82) is 0 Å². The number of aryl methyl sites for hydroxylation is 1. The summed E-state index contributed by atoms with van der Waals surface area (Å²) >= 11 is 8.33. The van der Waals surface area contributed by atoms with E-state index in [4.69, 9.17) is 21.3 Å². The largest absolute Gasteiger partial charge is 0.378 e. The van der Waals surface area contributed by atoms with Gasteiger partial charge in [-0.15, -0.1) is 22.0 Å². The molecule has 1 fully saturated rings. The number of rotatable bonds is 4. The highest BCUT2D eigenvalue weighted by atomic mass is 35.5. The minimum absolute atomic E-state index is 0.0503. The Labute approximate surface area is 190 Å². The standard InChI is InChI=1S/C22H24ClN5O2S/c1-14-25-26-19-13-24-21(16-4-2-3-5-18(16)23)17-12-15(31-22(17)28(14)19)6-7-20(29)27-8-10-30-11-9-27/h2-5,12,17,22H,6-11,13H2,1H3. The highest BCUT2D eigenvalue weighted by Crippen LogP contribution is 2.49. The van der Waals surface area contributed by atoms with E-state index in [0.717, 1.165) is 29.3 Å². The van der Waals surface area contributed by atoms with E-state index in [-0.39, 0.29) is 17.2 Å². The van der Waals surface area contributed by atoms with Crippen molar-refractivity contribution in [2.24, 2.45) is 10.9 Å². The van der Waals surface area contributed by atoms with Gasteiger partial charge in [0.05, 0.1) is 36.8 Å². The van der Waals surface area contributed by atoms with Crippen LogP contribution in [0.1, 0.15) is 35.4 Å². The van der Waals surface area contributed by atoms with Gasteiger partial charge in [0.25, 0.3) is 0 Å². The van der Waals surface area contributed by atoms with Gasteiger partial charge in [0.2, 0.25) is 5.91 Å². The average molecular weight is 458 g/mol. The number of aromatic nitrogens is 3. The average Bonchev–Trinajstić information content (AvgIpc) is 3.33. The first kappa shape index (κ1) is 20.7. The summed E-state index contributed by atoms with van der Waals surface area (Å²) in [6.07, 6.45) is 3.49. The Balaban J connectivity index is 1.41. The monoisotopic (exact) mass is 457 g/mol. The predicted molar refractivity (Wildman–Crippen MR) is 121 cm³/mol. The van der Waals surface area contributed by atoms with E-state index in [9.17, 15) is 4.79 Å². The molecule has 2 aromatic rings. The molecule has 0 saturated carbocycles. The molecule has 2 atom stereocenters. The summed E-state index contributed by atoms with van der Waals surface area (Å²) in [5, 5.41) is 9.41. The van der Waals surface area contributed by atoms with Crippen molar-refractivity contribution in [1.82, 2.24) is 19.7 Å². The number of thioether (sulfide) groups is 1. The van der Waals surface area contributed by atoms with E-state index in [1.54, 1.807) is 11.8 Å². The van der Waals surface area contributed by atoms with Crippen molar-refractivity contribution in [2.45, 2.75) is 31.7 Å². The zero-order valence-corrected chi connectivity index (χ0v) is 18.9. The van der Waals surface area contributed by atoms with E-state index >= 15 is 0 Å². The van der Waals surface area contributed by atoms with Crippen molar-refractivity contribution in [2.75, 3.05) is 26.3 Å². The molecule has 0 aliphatic carbocycles. The van der Waals surface area contributed by atoms with Gasteiger partial charge in [-0.25, -0.2) is 0 Å². The fraction of sp³-hybridized carbons (Fsp3) is 0.455. The van der Waals surface area contributed by atoms with Crippen LogP contribution in [-0.2, 0) is 16.1 Å². The molecule has 0 bridgehead atoms. The number of amides is 1. The number of carbonyl (C=O) groups excluding carboxylic acids is 1. The summed E-state index contributed by atoms with van der Waals surface area (Å²) < 4.78 is 7.55. The van der Waals surface area contributed by atoms with Gasteiger partial charge in [0.15, 0.2) is 5.82 Å². The molecule has 31 heavy (non-hydrogen) atoms. The smallest absolute Gasteiger partial charge is 0.223 e. The summed E-state index contributed by atoms with van der Waals surface area (Å²) in [6, 6.07) is 7.85. The van der Waals surface area contributed by atoms with E-state index in [2.05, 4.69) is 20.8 Å². The molecule has 4 heterocycles. The molecule has 1 aromatic heterocycles. The summed E-state index contributed by atoms with van der Waals surface area (Å²) in [6.45, 7) is 5.08. The lowest BCUT2D eigenvalue weighted by atomic mass is 9.95. The topological polar surface area (TPSA) is 72.6 Å². The molecule has 2 unspecified atom stereocenters. The second-order valence-electron chi connectivity index (χ2n) is 7.88. The zero-order chi connectivity index (χ0) is 21.4.